The molecule has 7 nitrogen and oxygen atoms in total. The zero-order valence-corrected chi connectivity index (χ0v) is 11.2. The molecule has 0 radical (unpaired) electrons. The first-order valence-electron chi connectivity index (χ1n) is 6.07. The molecule has 2 aromatic rings. The highest BCUT2D eigenvalue weighted by molar-refractivity contribution is 5.86. The predicted octanol–water partition coefficient (Wildman–Crippen LogP) is 1.51. The Morgan fingerprint density at radius 2 is 2.25 bits per heavy atom. The molecular formula is C13H15N3O4. The van der Waals surface area contributed by atoms with Gasteiger partial charge in [0.2, 0.25) is 0 Å². The van der Waals surface area contributed by atoms with Crippen LogP contribution >= 0.6 is 0 Å². The van der Waals surface area contributed by atoms with E-state index in [2.05, 4.69) is 10.3 Å². The van der Waals surface area contributed by atoms with Crippen molar-refractivity contribution in [3.05, 3.63) is 35.7 Å². The summed E-state index contributed by atoms with van der Waals surface area (Å²) in [6.07, 6.45) is 0. The Kier molecular flexibility index (Phi) is 4.31. The van der Waals surface area contributed by atoms with E-state index in [0.717, 1.165) is 0 Å². The number of rotatable bonds is 6. The van der Waals surface area contributed by atoms with E-state index >= 15 is 0 Å². The van der Waals surface area contributed by atoms with Crippen molar-refractivity contribution in [2.24, 2.45) is 0 Å². The van der Waals surface area contributed by atoms with Gasteiger partial charge < -0.3 is 14.6 Å². The highest BCUT2D eigenvalue weighted by atomic mass is 16.5. The number of benzene rings is 1. The van der Waals surface area contributed by atoms with Gasteiger partial charge in [-0.25, -0.2) is 9.48 Å². The first kappa shape index (κ1) is 14.0. The number of aromatic carboxylic acids is 1. The normalized spacial score (nSPS) is 10.5. The van der Waals surface area contributed by atoms with Gasteiger partial charge in [0.05, 0.1) is 19.4 Å². The second-order valence-corrected chi connectivity index (χ2v) is 3.94. The first-order chi connectivity index (χ1) is 9.67. The van der Waals surface area contributed by atoms with Crippen molar-refractivity contribution in [3.8, 4) is 11.4 Å². The van der Waals surface area contributed by atoms with Crippen molar-refractivity contribution in [3.63, 3.8) is 0 Å². The van der Waals surface area contributed by atoms with Crippen LogP contribution in [0, 0.1) is 0 Å². The van der Waals surface area contributed by atoms with Crippen LogP contribution in [-0.2, 0) is 11.3 Å². The van der Waals surface area contributed by atoms with Crippen LogP contribution in [0.25, 0.3) is 5.69 Å². The van der Waals surface area contributed by atoms with Crippen LogP contribution in [0.5, 0.6) is 5.75 Å². The Morgan fingerprint density at radius 3 is 2.90 bits per heavy atom. The van der Waals surface area contributed by atoms with Crippen LogP contribution in [-0.4, -0.2) is 39.8 Å². The van der Waals surface area contributed by atoms with Crippen LogP contribution in [0.3, 0.4) is 0 Å². The zero-order valence-electron chi connectivity index (χ0n) is 11.2. The lowest BCUT2D eigenvalue weighted by Crippen LogP contribution is -2.08. The van der Waals surface area contributed by atoms with Crippen LogP contribution in [0.4, 0.5) is 0 Å². The molecule has 0 aliphatic rings. The number of carbonyl (C=O) groups is 1. The molecule has 0 bridgehead atoms. The third-order valence-corrected chi connectivity index (χ3v) is 2.71. The zero-order chi connectivity index (χ0) is 14.5. The predicted molar refractivity (Wildman–Crippen MR) is 70.2 cm³/mol. The minimum absolute atomic E-state index is 0.110. The highest BCUT2D eigenvalue weighted by Crippen LogP contribution is 2.19. The Hall–Kier alpha value is -2.41. The molecule has 7 heteroatoms. The first-order valence-corrected chi connectivity index (χ1v) is 6.07. The Labute approximate surface area is 115 Å². The van der Waals surface area contributed by atoms with Crippen molar-refractivity contribution in [1.82, 2.24) is 15.0 Å². The molecule has 0 fully saturated rings. The number of carboxylic acids is 1. The average molecular weight is 277 g/mol. The Bertz CT molecular complexity index is 609. The van der Waals surface area contributed by atoms with Crippen molar-refractivity contribution < 1.29 is 19.4 Å². The van der Waals surface area contributed by atoms with Crippen LogP contribution < -0.4 is 4.74 Å². The largest absolute Gasteiger partial charge is 0.497 e. The average Bonchev–Trinajstić information content (AvgIpc) is 2.89. The molecule has 0 amide bonds. The maximum absolute atomic E-state index is 11.2. The number of hydrogen-bond acceptors (Lipinski definition) is 5. The van der Waals surface area contributed by atoms with Crippen molar-refractivity contribution >= 4 is 5.97 Å². The number of nitrogens with zero attached hydrogens (tertiary/aromatic N) is 3. The molecular weight excluding hydrogens is 262 g/mol. The molecule has 20 heavy (non-hydrogen) atoms. The molecule has 2 rings (SSSR count). The van der Waals surface area contributed by atoms with Gasteiger partial charge in [0.15, 0.2) is 5.69 Å². The number of ether oxygens (including phenoxy) is 2. The van der Waals surface area contributed by atoms with Crippen LogP contribution in [0.1, 0.15) is 23.1 Å². The number of carboxylic acid groups (broad SMARTS) is 1. The van der Waals surface area contributed by atoms with Gasteiger partial charge in [-0.05, 0) is 19.1 Å². The third kappa shape index (κ3) is 2.77. The summed E-state index contributed by atoms with van der Waals surface area (Å²) >= 11 is 0. The van der Waals surface area contributed by atoms with Gasteiger partial charge in [-0.2, -0.15) is 0 Å². The fourth-order valence-corrected chi connectivity index (χ4v) is 1.75. The van der Waals surface area contributed by atoms with E-state index in [4.69, 9.17) is 14.6 Å². The fourth-order valence-electron chi connectivity index (χ4n) is 1.75. The smallest absolute Gasteiger partial charge is 0.358 e. The SMILES string of the molecule is CCOCc1c(C(=O)O)nnn1-c1cccc(OC)c1. The molecule has 0 aliphatic heterocycles. The lowest BCUT2D eigenvalue weighted by Gasteiger charge is -2.08. The molecule has 0 saturated carbocycles. The molecule has 1 aromatic carbocycles. The molecule has 0 atom stereocenters. The summed E-state index contributed by atoms with van der Waals surface area (Å²) < 4.78 is 11.9. The van der Waals surface area contributed by atoms with E-state index in [1.807, 2.05) is 6.92 Å². The van der Waals surface area contributed by atoms with Gasteiger partial charge in [-0.3, -0.25) is 0 Å². The van der Waals surface area contributed by atoms with Crippen LogP contribution in [0.2, 0.25) is 0 Å². The quantitative estimate of drug-likeness (QED) is 0.861. The summed E-state index contributed by atoms with van der Waals surface area (Å²) in [6.45, 7) is 2.44. The van der Waals surface area contributed by atoms with E-state index < -0.39 is 5.97 Å². The highest BCUT2D eigenvalue weighted by Gasteiger charge is 2.20. The van der Waals surface area contributed by atoms with Crippen molar-refractivity contribution in [2.75, 3.05) is 13.7 Å². The van der Waals surface area contributed by atoms with E-state index in [9.17, 15) is 4.79 Å². The summed E-state index contributed by atoms with van der Waals surface area (Å²) in [5, 5.41) is 16.7. The summed E-state index contributed by atoms with van der Waals surface area (Å²) in [7, 11) is 1.56. The maximum Gasteiger partial charge on any atom is 0.358 e. The Balaban J connectivity index is 2.46. The van der Waals surface area contributed by atoms with Gasteiger partial charge in [-0.1, -0.05) is 11.3 Å². The molecule has 1 heterocycles. The lowest BCUT2D eigenvalue weighted by atomic mass is 10.2. The summed E-state index contributed by atoms with van der Waals surface area (Å²) in [4.78, 5) is 11.2. The summed E-state index contributed by atoms with van der Waals surface area (Å²) in [6, 6.07) is 7.12. The molecule has 0 unspecified atom stereocenters. The van der Waals surface area contributed by atoms with Gasteiger partial charge in [0.25, 0.3) is 0 Å². The molecule has 0 spiro atoms. The minimum atomic E-state index is -1.13. The van der Waals surface area contributed by atoms with E-state index in [1.54, 1.807) is 31.4 Å². The molecule has 0 saturated heterocycles. The topological polar surface area (TPSA) is 86.5 Å². The fraction of sp³-hybridized carbons (Fsp3) is 0.308. The second kappa shape index (κ2) is 6.16. The second-order valence-electron chi connectivity index (χ2n) is 3.94. The van der Waals surface area contributed by atoms with Gasteiger partial charge in [0.1, 0.15) is 11.4 Å². The third-order valence-electron chi connectivity index (χ3n) is 2.71. The van der Waals surface area contributed by atoms with E-state index in [1.165, 1.54) is 4.68 Å². The van der Waals surface area contributed by atoms with Gasteiger partial charge in [-0.15, -0.1) is 5.10 Å². The lowest BCUT2D eigenvalue weighted by molar-refractivity contribution is 0.0681. The van der Waals surface area contributed by atoms with Crippen molar-refractivity contribution in [2.45, 2.75) is 13.5 Å². The molecule has 0 aliphatic carbocycles. The molecule has 106 valence electrons. The number of aromatic nitrogens is 3. The Morgan fingerprint density at radius 1 is 1.45 bits per heavy atom. The minimum Gasteiger partial charge on any atom is -0.497 e. The van der Waals surface area contributed by atoms with Crippen LogP contribution in [0.15, 0.2) is 24.3 Å². The summed E-state index contributed by atoms with van der Waals surface area (Å²) in [5.74, 6) is -0.480. The van der Waals surface area contributed by atoms with Gasteiger partial charge >= 0.3 is 5.97 Å². The molecule has 1 N–H and O–H groups in total. The maximum atomic E-state index is 11.2. The molecule has 1 aromatic heterocycles. The van der Waals surface area contributed by atoms with Gasteiger partial charge in [0, 0.05) is 12.7 Å². The number of hydrogen-bond donors (Lipinski definition) is 1. The summed E-state index contributed by atoms with van der Waals surface area (Å²) in [5.41, 5.74) is 0.952. The van der Waals surface area contributed by atoms with Crippen molar-refractivity contribution in [1.29, 1.82) is 0 Å². The monoisotopic (exact) mass is 277 g/mol. The standard InChI is InChI=1S/C13H15N3O4/c1-3-20-8-11-12(13(17)18)14-15-16(11)9-5-4-6-10(7-9)19-2/h4-7H,3,8H2,1-2H3,(H,17,18). The number of methoxy groups -OCH3 is 1. The van der Waals surface area contributed by atoms with E-state index in [-0.39, 0.29) is 12.3 Å². The van der Waals surface area contributed by atoms with E-state index in [0.29, 0.717) is 23.7 Å².